The number of thiophene rings is 1. The molecule has 2 N–H and O–H groups in total. The maximum atomic E-state index is 11.3. The lowest BCUT2D eigenvalue weighted by molar-refractivity contribution is 0.100. The number of amides is 1. The number of primary amides is 1. The number of rotatable bonds is 2. The van der Waals surface area contributed by atoms with Crippen LogP contribution in [0.1, 0.15) is 9.67 Å². The highest BCUT2D eigenvalue weighted by Crippen LogP contribution is 2.29. The topological polar surface area (TPSA) is 47.5 Å². The number of carbonyl (C=O) groups is 1. The van der Waals surface area contributed by atoms with Crippen LogP contribution >= 0.6 is 11.3 Å². The normalized spacial score (nSPS) is 10.8. The molecular weight excluding hydrogens is 232 g/mol. The highest BCUT2D eigenvalue weighted by molar-refractivity contribution is 7.12. The van der Waals surface area contributed by atoms with E-state index in [0.29, 0.717) is 4.88 Å². The summed E-state index contributed by atoms with van der Waals surface area (Å²) in [6.45, 7) is 0. The predicted octanol–water partition coefficient (Wildman–Crippen LogP) is 2.77. The van der Waals surface area contributed by atoms with Crippen molar-refractivity contribution >= 4 is 22.8 Å². The lowest BCUT2D eigenvalue weighted by atomic mass is 10.2. The van der Waals surface area contributed by atoms with E-state index in [1.165, 1.54) is 11.3 Å². The largest absolute Gasteiger partial charge is 0.365 e. The second-order valence-electron chi connectivity index (χ2n) is 3.74. The molecule has 0 unspecified atom stereocenters. The van der Waals surface area contributed by atoms with Gasteiger partial charge in [-0.15, -0.1) is 11.3 Å². The molecule has 3 nitrogen and oxygen atoms in total. The average molecular weight is 242 g/mol. The van der Waals surface area contributed by atoms with E-state index in [9.17, 15) is 4.79 Å². The van der Waals surface area contributed by atoms with E-state index in [1.54, 1.807) is 0 Å². The van der Waals surface area contributed by atoms with Crippen LogP contribution in [0.25, 0.3) is 16.8 Å². The summed E-state index contributed by atoms with van der Waals surface area (Å²) in [6, 6.07) is 11.9. The Bertz CT molecular complexity index is 696. The first-order valence-corrected chi connectivity index (χ1v) is 6.09. The van der Waals surface area contributed by atoms with Crippen LogP contribution in [-0.2, 0) is 0 Å². The molecule has 3 aromatic rings. The first kappa shape index (κ1) is 10.1. The summed E-state index contributed by atoms with van der Waals surface area (Å²) in [7, 11) is 0. The van der Waals surface area contributed by atoms with E-state index in [1.807, 2.05) is 48.0 Å². The van der Waals surface area contributed by atoms with Gasteiger partial charge >= 0.3 is 0 Å². The van der Waals surface area contributed by atoms with Gasteiger partial charge in [-0.1, -0.05) is 6.07 Å². The molecule has 3 rings (SSSR count). The van der Waals surface area contributed by atoms with Crippen LogP contribution in [0.2, 0.25) is 0 Å². The Kier molecular flexibility index (Phi) is 2.23. The van der Waals surface area contributed by atoms with Crippen molar-refractivity contribution < 1.29 is 4.79 Å². The van der Waals surface area contributed by atoms with Crippen LogP contribution in [0.3, 0.4) is 0 Å². The third-order valence-corrected chi connectivity index (χ3v) is 3.66. The number of aromatic nitrogens is 1. The maximum absolute atomic E-state index is 11.3. The summed E-state index contributed by atoms with van der Waals surface area (Å²) < 4.78 is 2.05. The van der Waals surface area contributed by atoms with Gasteiger partial charge in [-0.25, -0.2) is 0 Å². The van der Waals surface area contributed by atoms with Crippen molar-refractivity contribution in [3.8, 4) is 11.3 Å². The SMILES string of the molecule is NC(=O)c1sccc1-c1ccc2ccccn12. The van der Waals surface area contributed by atoms with Gasteiger partial charge in [0.1, 0.15) is 4.88 Å². The van der Waals surface area contributed by atoms with Crippen LogP contribution in [0.4, 0.5) is 0 Å². The van der Waals surface area contributed by atoms with Crippen LogP contribution in [-0.4, -0.2) is 10.3 Å². The highest BCUT2D eigenvalue weighted by atomic mass is 32.1. The molecule has 0 aromatic carbocycles. The molecule has 0 spiro atoms. The molecule has 17 heavy (non-hydrogen) atoms. The van der Waals surface area contributed by atoms with Crippen molar-refractivity contribution in [1.82, 2.24) is 4.40 Å². The molecule has 0 fully saturated rings. The van der Waals surface area contributed by atoms with Crippen molar-refractivity contribution in [2.45, 2.75) is 0 Å². The van der Waals surface area contributed by atoms with E-state index >= 15 is 0 Å². The Balaban J connectivity index is 2.28. The van der Waals surface area contributed by atoms with E-state index in [2.05, 4.69) is 4.40 Å². The minimum absolute atomic E-state index is 0.374. The second-order valence-corrected chi connectivity index (χ2v) is 4.66. The Morgan fingerprint density at radius 3 is 2.88 bits per heavy atom. The van der Waals surface area contributed by atoms with Crippen LogP contribution in [0, 0.1) is 0 Å². The molecule has 0 saturated heterocycles. The monoisotopic (exact) mass is 242 g/mol. The molecular formula is C13H10N2OS. The minimum atomic E-state index is -0.374. The zero-order valence-electron chi connectivity index (χ0n) is 8.96. The number of hydrogen-bond donors (Lipinski definition) is 1. The number of fused-ring (bicyclic) bond motifs is 1. The van der Waals surface area contributed by atoms with Gasteiger partial charge in [0.2, 0.25) is 0 Å². The van der Waals surface area contributed by atoms with Crippen LogP contribution in [0.15, 0.2) is 48.0 Å². The zero-order valence-corrected chi connectivity index (χ0v) is 9.78. The summed E-state index contributed by atoms with van der Waals surface area (Å²) in [5.74, 6) is -0.374. The Morgan fingerprint density at radius 2 is 2.06 bits per heavy atom. The lowest BCUT2D eigenvalue weighted by Crippen LogP contribution is -2.10. The molecule has 0 saturated carbocycles. The third-order valence-electron chi connectivity index (χ3n) is 2.73. The Hall–Kier alpha value is -2.07. The van der Waals surface area contributed by atoms with E-state index in [0.717, 1.165) is 16.8 Å². The number of carbonyl (C=O) groups excluding carboxylic acids is 1. The van der Waals surface area contributed by atoms with Crippen LogP contribution in [0.5, 0.6) is 0 Å². The molecule has 3 aromatic heterocycles. The molecule has 3 heterocycles. The molecule has 0 atom stereocenters. The summed E-state index contributed by atoms with van der Waals surface area (Å²) >= 11 is 1.38. The minimum Gasteiger partial charge on any atom is -0.365 e. The fraction of sp³-hybridized carbons (Fsp3) is 0. The van der Waals surface area contributed by atoms with Gasteiger partial charge in [-0.05, 0) is 35.7 Å². The van der Waals surface area contributed by atoms with Gasteiger partial charge in [0.25, 0.3) is 5.91 Å². The Morgan fingerprint density at radius 1 is 1.18 bits per heavy atom. The van der Waals surface area contributed by atoms with Gasteiger partial charge in [0.05, 0.1) is 5.69 Å². The van der Waals surface area contributed by atoms with E-state index in [4.69, 9.17) is 5.73 Å². The van der Waals surface area contributed by atoms with Crippen molar-refractivity contribution in [2.24, 2.45) is 5.73 Å². The number of nitrogens with zero attached hydrogens (tertiary/aromatic N) is 1. The highest BCUT2D eigenvalue weighted by Gasteiger charge is 2.13. The zero-order chi connectivity index (χ0) is 11.8. The first-order valence-electron chi connectivity index (χ1n) is 5.21. The summed E-state index contributed by atoms with van der Waals surface area (Å²) in [6.07, 6.45) is 1.98. The molecule has 4 heteroatoms. The quantitative estimate of drug-likeness (QED) is 0.738. The van der Waals surface area contributed by atoms with Gasteiger partial charge in [0.15, 0.2) is 0 Å². The second kappa shape index (κ2) is 3.75. The average Bonchev–Trinajstić information content (AvgIpc) is 2.94. The van der Waals surface area contributed by atoms with Gasteiger partial charge < -0.3 is 10.1 Å². The predicted molar refractivity (Wildman–Crippen MR) is 69.2 cm³/mol. The summed E-state index contributed by atoms with van der Waals surface area (Å²) in [5.41, 5.74) is 8.37. The maximum Gasteiger partial charge on any atom is 0.259 e. The standard InChI is InChI=1S/C13H10N2OS/c14-13(16)12-10(6-8-17-12)11-5-4-9-3-1-2-7-15(9)11/h1-8H,(H2,14,16). The Labute approximate surface area is 102 Å². The lowest BCUT2D eigenvalue weighted by Gasteiger charge is -2.02. The van der Waals surface area contributed by atoms with Crippen molar-refractivity contribution in [2.75, 3.05) is 0 Å². The molecule has 84 valence electrons. The van der Waals surface area contributed by atoms with Gasteiger partial charge in [0, 0.05) is 17.3 Å². The smallest absolute Gasteiger partial charge is 0.259 e. The third kappa shape index (κ3) is 1.54. The molecule has 0 radical (unpaired) electrons. The molecule has 0 aliphatic carbocycles. The van der Waals surface area contributed by atoms with Crippen molar-refractivity contribution in [3.63, 3.8) is 0 Å². The summed E-state index contributed by atoms with van der Waals surface area (Å²) in [5, 5.41) is 1.89. The van der Waals surface area contributed by atoms with E-state index in [-0.39, 0.29) is 5.91 Å². The molecule has 1 amide bonds. The number of nitrogens with two attached hydrogens (primary N) is 1. The molecule has 0 bridgehead atoms. The molecule has 0 aliphatic heterocycles. The fourth-order valence-corrected chi connectivity index (χ4v) is 2.73. The van der Waals surface area contributed by atoms with Crippen molar-refractivity contribution in [1.29, 1.82) is 0 Å². The number of pyridine rings is 1. The van der Waals surface area contributed by atoms with Gasteiger partial charge in [-0.3, -0.25) is 4.79 Å². The van der Waals surface area contributed by atoms with Crippen LogP contribution < -0.4 is 5.73 Å². The first-order chi connectivity index (χ1) is 8.27. The van der Waals surface area contributed by atoms with E-state index < -0.39 is 0 Å². The number of hydrogen-bond acceptors (Lipinski definition) is 2. The summed E-state index contributed by atoms with van der Waals surface area (Å²) in [4.78, 5) is 11.9. The fourth-order valence-electron chi connectivity index (χ4n) is 1.98. The van der Waals surface area contributed by atoms with Crippen molar-refractivity contribution in [3.05, 3.63) is 52.9 Å². The van der Waals surface area contributed by atoms with Gasteiger partial charge in [-0.2, -0.15) is 0 Å². The molecule has 0 aliphatic rings.